The summed E-state index contributed by atoms with van der Waals surface area (Å²) in [6, 6.07) is 7.00. The number of amidine groups is 1. The van der Waals surface area contributed by atoms with Crippen LogP contribution in [0.15, 0.2) is 28.8 Å². The van der Waals surface area contributed by atoms with Gasteiger partial charge in [-0.3, -0.25) is 0 Å². The van der Waals surface area contributed by atoms with Gasteiger partial charge in [0.05, 0.1) is 0 Å². The van der Waals surface area contributed by atoms with Crippen LogP contribution < -0.4 is 11.5 Å². The Bertz CT molecular complexity index is 266. The van der Waals surface area contributed by atoms with Gasteiger partial charge < -0.3 is 11.5 Å². The van der Waals surface area contributed by atoms with Crippen molar-refractivity contribution in [2.24, 2.45) is 10.2 Å². The monoisotopic (exact) mass is 169 g/mol. The fourth-order valence-electron chi connectivity index (χ4n) is 0.703. The summed E-state index contributed by atoms with van der Waals surface area (Å²) >= 11 is 5.16. The summed E-state index contributed by atoms with van der Waals surface area (Å²) in [7, 11) is 0. The zero-order valence-corrected chi connectivity index (χ0v) is 6.55. The average Bonchev–Trinajstić information content (AvgIpc) is 2.05. The SMILES string of the molecule is NC(=NCl)c1ccc(N)cc1. The molecule has 4 heteroatoms. The van der Waals surface area contributed by atoms with Crippen LogP contribution in [-0.4, -0.2) is 5.84 Å². The summed E-state index contributed by atoms with van der Waals surface area (Å²) in [4.78, 5) is 0. The predicted molar refractivity (Wildman–Crippen MR) is 47.4 cm³/mol. The van der Waals surface area contributed by atoms with Crippen LogP contribution in [0.3, 0.4) is 0 Å². The summed E-state index contributed by atoms with van der Waals surface area (Å²) in [5.74, 6) is 0.298. The molecule has 1 aromatic carbocycles. The van der Waals surface area contributed by atoms with Gasteiger partial charge in [0.25, 0.3) is 0 Å². The Morgan fingerprint density at radius 3 is 2.27 bits per heavy atom. The number of nitrogens with zero attached hydrogens (tertiary/aromatic N) is 1. The number of rotatable bonds is 1. The van der Waals surface area contributed by atoms with Gasteiger partial charge in [-0.05, 0) is 24.3 Å². The fraction of sp³-hybridized carbons (Fsp3) is 0. The molecule has 0 aliphatic carbocycles. The van der Waals surface area contributed by atoms with Crippen molar-refractivity contribution in [1.29, 1.82) is 0 Å². The summed E-state index contributed by atoms with van der Waals surface area (Å²) in [5, 5.41) is 0. The normalized spacial score (nSPS) is 11.5. The zero-order chi connectivity index (χ0) is 8.27. The lowest BCUT2D eigenvalue weighted by molar-refractivity contribution is 1.55. The van der Waals surface area contributed by atoms with E-state index in [2.05, 4.69) is 4.51 Å². The molecule has 0 saturated carbocycles. The maximum Gasteiger partial charge on any atom is 0.145 e. The Morgan fingerprint density at radius 2 is 1.82 bits per heavy atom. The van der Waals surface area contributed by atoms with Crippen molar-refractivity contribution < 1.29 is 0 Å². The molecular formula is C7H8ClN3. The van der Waals surface area contributed by atoms with Gasteiger partial charge in [-0.15, -0.1) is 0 Å². The summed E-state index contributed by atoms with van der Waals surface area (Å²) in [6.07, 6.45) is 0. The molecule has 58 valence electrons. The number of anilines is 1. The van der Waals surface area contributed by atoms with Gasteiger partial charge in [-0.2, -0.15) is 4.51 Å². The molecule has 0 aromatic heterocycles. The van der Waals surface area contributed by atoms with Crippen LogP contribution in [0.4, 0.5) is 5.69 Å². The van der Waals surface area contributed by atoms with Crippen molar-refractivity contribution >= 4 is 23.3 Å². The van der Waals surface area contributed by atoms with Crippen LogP contribution in [0, 0.1) is 0 Å². The van der Waals surface area contributed by atoms with Gasteiger partial charge in [0.2, 0.25) is 0 Å². The van der Waals surface area contributed by atoms with E-state index in [0.29, 0.717) is 11.5 Å². The number of hydrogen-bond donors (Lipinski definition) is 2. The summed E-state index contributed by atoms with van der Waals surface area (Å²) in [6.45, 7) is 0. The van der Waals surface area contributed by atoms with Crippen LogP contribution in [0.5, 0.6) is 0 Å². The smallest absolute Gasteiger partial charge is 0.145 e. The first-order valence-electron chi connectivity index (χ1n) is 3.04. The molecule has 0 heterocycles. The van der Waals surface area contributed by atoms with Crippen molar-refractivity contribution in [1.82, 2.24) is 0 Å². The van der Waals surface area contributed by atoms with Gasteiger partial charge in [0.15, 0.2) is 0 Å². The Balaban J connectivity index is 2.99. The molecule has 0 amide bonds. The van der Waals surface area contributed by atoms with Gasteiger partial charge in [0, 0.05) is 23.0 Å². The Hall–Kier alpha value is -1.22. The van der Waals surface area contributed by atoms with E-state index >= 15 is 0 Å². The maximum atomic E-state index is 5.45. The molecule has 0 aliphatic heterocycles. The van der Waals surface area contributed by atoms with Crippen LogP contribution in [-0.2, 0) is 0 Å². The molecule has 3 nitrogen and oxygen atoms in total. The number of nitrogen functional groups attached to an aromatic ring is 1. The topological polar surface area (TPSA) is 64.4 Å². The van der Waals surface area contributed by atoms with Crippen LogP contribution in [0.1, 0.15) is 5.56 Å². The van der Waals surface area contributed by atoms with E-state index in [1.807, 2.05) is 0 Å². The molecule has 0 spiro atoms. The molecule has 0 aliphatic rings. The molecular weight excluding hydrogens is 162 g/mol. The minimum absolute atomic E-state index is 0.298. The molecule has 0 atom stereocenters. The quantitative estimate of drug-likeness (QED) is 0.376. The first kappa shape index (κ1) is 7.88. The van der Waals surface area contributed by atoms with Crippen molar-refractivity contribution in [3.05, 3.63) is 29.8 Å². The first-order chi connectivity index (χ1) is 5.24. The van der Waals surface area contributed by atoms with Crippen molar-refractivity contribution in [2.75, 3.05) is 5.73 Å². The van der Waals surface area contributed by atoms with Crippen LogP contribution in [0.25, 0.3) is 0 Å². The highest BCUT2D eigenvalue weighted by atomic mass is 35.5. The number of benzene rings is 1. The van der Waals surface area contributed by atoms with E-state index < -0.39 is 0 Å². The molecule has 1 aromatic rings. The van der Waals surface area contributed by atoms with Gasteiger partial charge in [-0.25, -0.2) is 0 Å². The van der Waals surface area contributed by atoms with Gasteiger partial charge >= 0.3 is 0 Å². The zero-order valence-electron chi connectivity index (χ0n) is 5.79. The lowest BCUT2D eigenvalue weighted by Crippen LogP contribution is -2.11. The highest BCUT2D eigenvalue weighted by Crippen LogP contribution is 2.05. The molecule has 1 rings (SSSR count). The second-order valence-electron chi connectivity index (χ2n) is 2.09. The fourth-order valence-corrected chi connectivity index (χ4v) is 0.800. The third kappa shape index (κ3) is 1.85. The van der Waals surface area contributed by atoms with Crippen LogP contribution in [0.2, 0.25) is 0 Å². The highest BCUT2D eigenvalue weighted by Gasteiger charge is 1.95. The molecule has 0 radical (unpaired) electrons. The van der Waals surface area contributed by atoms with E-state index in [9.17, 15) is 0 Å². The van der Waals surface area contributed by atoms with Crippen molar-refractivity contribution in [3.8, 4) is 0 Å². The first-order valence-corrected chi connectivity index (χ1v) is 3.38. The minimum atomic E-state index is 0.298. The highest BCUT2D eigenvalue weighted by molar-refractivity contribution is 6.22. The number of hydrogen-bond acceptors (Lipinski definition) is 2. The summed E-state index contributed by atoms with van der Waals surface area (Å²) < 4.78 is 3.31. The van der Waals surface area contributed by atoms with Crippen LogP contribution >= 0.6 is 11.8 Å². The third-order valence-electron chi connectivity index (χ3n) is 1.30. The van der Waals surface area contributed by atoms with E-state index in [1.165, 1.54) is 0 Å². The number of halogens is 1. The maximum absolute atomic E-state index is 5.45. The molecule has 0 saturated heterocycles. The van der Waals surface area contributed by atoms with Crippen molar-refractivity contribution in [3.63, 3.8) is 0 Å². The molecule has 0 bridgehead atoms. The largest absolute Gasteiger partial charge is 0.399 e. The van der Waals surface area contributed by atoms with E-state index in [-0.39, 0.29) is 0 Å². The molecule has 4 N–H and O–H groups in total. The van der Waals surface area contributed by atoms with Gasteiger partial charge in [0.1, 0.15) is 5.84 Å². The van der Waals surface area contributed by atoms with Crippen molar-refractivity contribution in [2.45, 2.75) is 0 Å². The second kappa shape index (κ2) is 3.25. The Kier molecular flexibility index (Phi) is 2.33. The van der Waals surface area contributed by atoms with E-state index in [4.69, 9.17) is 23.2 Å². The van der Waals surface area contributed by atoms with E-state index in [1.54, 1.807) is 24.3 Å². The van der Waals surface area contributed by atoms with E-state index in [0.717, 1.165) is 5.56 Å². The second-order valence-corrected chi connectivity index (χ2v) is 2.26. The molecule has 0 fully saturated rings. The van der Waals surface area contributed by atoms with Gasteiger partial charge in [-0.1, -0.05) is 0 Å². The third-order valence-corrected chi connectivity index (χ3v) is 1.48. The number of nitrogens with two attached hydrogens (primary N) is 2. The average molecular weight is 170 g/mol. The predicted octanol–water partition coefficient (Wildman–Crippen LogP) is 1.13. The molecule has 0 unspecified atom stereocenters. The standard InChI is InChI=1S/C7H8ClN3/c8-11-7(10)5-1-3-6(9)4-2-5/h1-4H,9H2,(H2,10,11). The lowest BCUT2D eigenvalue weighted by atomic mass is 10.2. The lowest BCUT2D eigenvalue weighted by Gasteiger charge is -1.97. The Morgan fingerprint density at radius 1 is 1.27 bits per heavy atom. The Labute approximate surface area is 69.8 Å². The summed E-state index contributed by atoms with van der Waals surface area (Å²) in [5.41, 5.74) is 12.3. The minimum Gasteiger partial charge on any atom is -0.399 e. The molecule has 11 heavy (non-hydrogen) atoms.